The smallest absolute Gasteiger partial charge is 0.194 e. The maximum Gasteiger partial charge on any atom is 0.194 e. The highest BCUT2D eigenvalue weighted by Crippen LogP contribution is 2.15. The molecule has 5 nitrogen and oxygen atoms in total. The van der Waals surface area contributed by atoms with E-state index in [1.54, 1.807) is 0 Å². The van der Waals surface area contributed by atoms with Gasteiger partial charge in [-0.05, 0) is 52.7 Å². The predicted molar refractivity (Wildman–Crippen MR) is 103 cm³/mol. The molecule has 0 aromatic heterocycles. The lowest BCUT2D eigenvalue weighted by Crippen LogP contribution is -2.47. The number of aliphatic imine (C=N–C) groups is 1. The molecule has 1 fully saturated rings. The van der Waals surface area contributed by atoms with Gasteiger partial charge in [-0.3, -0.25) is 0 Å². The molecule has 0 radical (unpaired) electrons. The topological polar surface area (TPSA) is 46.1 Å². The van der Waals surface area contributed by atoms with E-state index < -0.39 is 0 Å². The fourth-order valence-corrected chi connectivity index (χ4v) is 3.00. The summed E-state index contributed by atoms with van der Waals surface area (Å²) >= 11 is 0. The van der Waals surface area contributed by atoms with Gasteiger partial charge in [0.2, 0.25) is 0 Å². The van der Waals surface area contributed by atoms with Gasteiger partial charge in [-0.1, -0.05) is 17.7 Å². The zero-order chi connectivity index (χ0) is 18.1. The number of nitrogens with zero attached hydrogens (tertiary/aromatic N) is 2. The summed E-state index contributed by atoms with van der Waals surface area (Å²) in [6.07, 6.45) is 2.56. The fourth-order valence-electron chi connectivity index (χ4n) is 3.00. The number of hydrogen-bond acceptors (Lipinski definition) is 3. The zero-order valence-corrected chi connectivity index (χ0v) is 16.1. The fraction of sp³-hybridized carbons (Fsp3) is 0.650. The Hall–Kier alpha value is -1.75. The Labute approximate surface area is 152 Å². The first-order valence-electron chi connectivity index (χ1n) is 9.50. The molecule has 1 aromatic rings. The molecule has 0 bridgehead atoms. The normalized spacial score (nSPS) is 17.4. The van der Waals surface area contributed by atoms with Crippen LogP contribution in [0, 0.1) is 6.92 Å². The van der Waals surface area contributed by atoms with E-state index in [0.29, 0.717) is 12.6 Å². The molecule has 1 saturated heterocycles. The Balaban J connectivity index is 1.87. The van der Waals surface area contributed by atoms with Gasteiger partial charge in [-0.2, -0.15) is 0 Å². The first-order chi connectivity index (χ1) is 12.1. The monoisotopic (exact) mass is 347 g/mol. The van der Waals surface area contributed by atoms with Crippen molar-refractivity contribution in [1.82, 2.24) is 10.2 Å². The van der Waals surface area contributed by atoms with Gasteiger partial charge in [0.1, 0.15) is 11.9 Å². The average Bonchev–Trinajstić information content (AvgIpc) is 2.62. The third-order valence-corrected chi connectivity index (χ3v) is 4.34. The highest BCUT2D eigenvalue weighted by atomic mass is 16.5. The van der Waals surface area contributed by atoms with Gasteiger partial charge in [-0.25, -0.2) is 4.99 Å². The zero-order valence-electron chi connectivity index (χ0n) is 16.1. The van der Waals surface area contributed by atoms with Crippen LogP contribution in [0.2, 0.25) is 0 Å². The van der Waals surface area contributed by atoms with E-state index >= 15 is 0 Å². The van der Waals surface area contributed by atoms with Gasteiger partial charge in [0.25, 0.3) is 0 Å². The Kier molecular flexibility index (Phi) is 8.06. The van der Waals surface area contributed by atoms with Crippen LogP contribution in [-0.4, -0.2) is 55.9 Å². The van der Waals surface area contributed by atoms with Crippen LogP contribution in [0.1, 0.15) is 39.2 Å². The Morgan fingerprint density at radius 2 is 1.92 bits per heavy atom. The van der Waals surface area contributed by atoms with E-state index in [0.717, 1.165) is 50.8 Å². The number of nitrogens with one attached hydrogen (secondary N) is 1. The van der Waals surface area contributed by atoms with Crippen molar-refractivity contribution in [2.45, 2.75) is 52.7 Å². The van der Waals surface area contributed by atoms with Crippen LogP contribution >= 0.6 is 0 Å². The molecule has 0 saturated carbocycles. The summed E-state index contributed by atoms with van der Waals surface area (Å²) in [4.78, 5) is 7.12. The second kappa shape index (κ2) is 10.3. The molecule has 1 aliphatic heterocycles. The average molecular weight is 348 g/mol. The van der Waals surface area contributed by atoms with Crippen LogP contribution in [0.15, 0.2) is 29.3 Å². The second-order valence-electron chi connectivity index (χ2n) is 6.58. The summed E-state index contributed by atoms with van der Waals surface area (Å²) in [5.41, 5.74) is 1.24. The highest BCUT2D eigenvalue weighted by Gasteiger charge is 2.21. The molecule has 25 heavy (non-hydrogen) atoms. The summed E-state index contributed by atoms with van der Waals surface area (Å²) in [7, 11) is 0. The van der Waals surface area contributed by atoms with Crippen LogP contribution in [0.3, 0.4) is 0 Å². The molecule has 1 unspecified atom stereocenters. The van der Waals surface area contributed by atoms with Crippen molar-refractivity contribution in [2.75, 3.05) is 32.8 Å². The number of likely N-dealkylation sites (tertiary alicyclic amines) is 1. The number of rotatable bonds is 7. The van der Waals surface area contributed by atoms with E-state index in [9.17, 15) is 0 Å². The Bertz CT molecular complexity index is 522. The van der Waals surface area contributed by atoms with Crippen LogP contribution in [0.5, 0.6) is 5.75 Å². The minimum absolute atomic E-state index is 0.0392. The van der Waals surface area contributed by atoms with Crippen molar-refractivity contribution in [2.24, 2.45) is 4.99 Å². The van der Waals surface area contributed by atoms with Gasteiger partial charge in [0.05, 0.1) is 12.6 Å². The summed E-state index contributed by atoms with van der Waals surface area (Å²) < 4.78 is 11.7. The van der Waals surface area contributed by atoms with Crippen molar-refractivity contribution in [3.05, 3.63) is 29.8 Å². The number of ether oxygens (including phenoxy) is 2. The van der Waals surface area contributed by atoms with E-state index in [2.05, 4.69) is 50.0 Å². The number of hydrogen-bond donors (Lipinski definition) is 1. The minimum Gasteiger partial charge on any atom is -0.489 e. The maximum atomic E-state index is 5.96. The van der Waals surface area contributed by atoms with E-state index in [1.165, 1.54) is 5.56 Å². The molecule has 1 aromatic carbocycles. The summed E-state index contributed by atoms with van der Waals surface area (Å²) in [6.45, 7) is 12.6. The standard InChI is InChI=1S/C20H33N3O2/c1-5-21-20(23-13-11-18(12-14-23)24-6-2)22-15-17(4)25-19-9-7-16(3)8-10-19/h7-10,17-18H,5-6,11-15H2,1-4H3,(H,21,22). The molecule has 1 heterocycles. The van der Waals surface area contributed by atoms with Gasteiger partial charge in [0, 0.05) is 26.2 Å². The first-order valence-corrected chi connectivity index (χ1v) is 9.50. The molecule has 1 N–H and O–H groups in total. The maximum absolute atomic E-state index is 5.96. The number of guanidine groups is 1. The van der Waals surface area contributed by atoms with Gasteiger partial charge in [-0.15, -0.1) is 0 Å². The lowest BCUT2D eigenvalue weighted by molar-refractivity contribution is 0.0263. The van der Waals surface area contributed by atoms with Crippen molar-refractivity contribution < 1.29 is 9.47 Å². The molecule has 1 aliphatic rings. The van der Waals surface area contributed by atoms with Gasteiger partial charge in [0.15, 0.2) is 5.96 Å². The molecule has 5 heteroatoms. The second-order valence-corrected chi connectivity index (χ2v) is 6.58. The quantitative estimate of drug-likeness (QED) is 0.608. The molecule has 0 amide bonds. The van der Waals surface area contributed by atoms with E-state index in [-0.39, 0.29) is 6.10 Å². The molecule has 2 rings (SSSR count). The van der Waals surface area contributed by atoms with Gasteiger partial charge < -0.3 is 19.7 Å². The number of aryl methyl sites for hydroxylation is 1. The van der Waals surface area contributed by atoms with Crippen LogP contribution < -0.4 is 10.1 Å². The number of benzene rings is 1. The molecular formula is C20H33N3O2. The predicted octanol–water partition coefficient (Wildman–Crippen LogP) is 3.23. The van der Waals surface area contributed by atoms with E-state index in [4.69, 9.17) is 14.5 Å². The Morgan fingerprint density at radius 1 is 1.24 bits per heavy atom. The van der Waals surface area contributed by atoms with Crippen molar-refractivity contribution in [1.29, 1.82) is 0 Å². The van der Waals surface area contributed by atoms with Gasteiger partial charge >= 0.3 is 0 Å². The van der Waals surface area contributed by atoms with Crippen molar-refractivity contribution in [3.63, 3.8) is 0 Å². The largest absolute Gasteiger partial charge is 0.489 e. The van der Waals surface area contributed by atoms with Crippen LogP contribution in [0.25, 0.3) is 0 Å². The Morgan fingerprint density at radius 3 is 2.52 bits per heavy atom. The van der Waals surface area contributed by atoms with Crippen molar-refractivity contribution in [3.8, 4) is 5.75 Å². The summed E-state index contributed by atoms with van der Waals surface area (Å²) in [5, 5.41) is 3.41. The third kappa shape index (κ3) is 6.58. The molecule has 0 aliphatic carbocycles. The first kappa shape index (κ1) is 19.6. The summed E-state index contributed by atoms with van der Waals surface area (Å²) in [6, 6.07) is 8.16. The lowest BCUT2D eigenvalue weighted by Gasteiger charge is -2.34. The summed E-state index contributed by atoms with van der Waals surface area (Å²) in [5.74, 6) is 1.88. The lowest BCUT2D eigenvalue weighted by atomic mass is 10.1. The molecule has 1 atom stereocenters. The molecule has 140 valence electrons. The SMILES string of the molecule is CCNC(=NCC(C)Oc1ccc(C)cc1)N1CCC(OCC)CC1. The van der Waals surface area contributed by atoms with Crippen LogP contribution in [0.4, 0.5) is 0 Å². The highest BCUT2D eigenvalue weighted by molar-refractivity contribution is 5.80. The van der Waals surface area contributed by atoms with Crippen molar-refractivity contribution >= 4 is 5.96 Å². The third-order valence-electron chi connectivity index (χ3n) is 4.34. The van der Waals surface area contributed by atoms with Crippen LogP contribution in [-0.2, 0) is 4.74 Å². The molecule has 0 spiro atoms. The number of piperidine rings is 1. The molecular weight excluding hydrogens is 314 g/mol. The van der Waals surface area contributed by atoms with E-state index in [1.807, 2.05) is 12.1 Å². The minimum atomic E-state index is 0.0392.